The molecule has 1 N–H and O–H groups in total. The third-order valence-electron chi connectivity index (χ3n) is 2.83. The van der Waals surface area contributed by atoms with Crippen LogP contribution in [0.15, 0.2) is 30.9 Å². The standard InChI is InChI=1S/C14H13F3N4O2/c1-9-4-12(23-7-14(15,16)17)19-5-10(9)6-20-13(22)11-2-3-18-8-21-11/h2-5,8H,6-7H2,1H3,(H,20,22). The summed E-state index contributed by atoms with van der Waals surface area (Å²) < 4.78 is 40.8. The van der Waals surface area contributed by atoms with E-state index in [9.17, 15) is 18.0 Å². The highest BCUT2D eigenvalue weighted by atomic mass is 19.4. The molecule has 0 fully saturated rings. The van der Waals surface area contributed by atoms with Gasteiger partial charge in [0, 0.05) is 25.0 Å². The molecule has 2 rings (SSSR count). The number of amides is 1. The molecular weight excluding hydrogens is 313 g/mol. The molecule has 2 aromatic rings. The number of hydrogen-bond acceptors (Lipinski definition) is 5. The van der Waals surface area contributed by atoms with Gasteiger partial charge in [0.2, 0.25) is 5.88 Å². The maximum absolute atomic E-state index is 12.1. The number of aryl methyl sites for hydroxylation is 1. The molecule has 0 radical (unpaired) electrons. The number of nitrogens with zero attached hydrogens (tertiary/aromatic N) is 3. The fourth-order valence-corrected chi connectivity index (χ4v) is 1.67. The molecule has 0 aliphatic rings. The van der Waals surface area contributed by atoms with Gasteiger partial charge >= 0.3 is 6.18 Å². The van der Waals surface area contributed by atoms with Gasteiger partial charge in [0.15, 0.2) is 6.61 Å². The van der Waals surface area contributed by atoms with E-state index in [4.69, 9.17) is 0 Å². The zero-order chi connectivity index (χ0) is 16.9. The van der Waals surface area contributed by atoms with Crippen LogP contribution in [0.5, 0.6) is 5.88 Å². The van der Waals surface area contributed by atoms with Crippen molar-refractivity contribution in [3.05, 3.63) is 47.7 Å². The lowest BCUT2D eigenvalue weighted by Crippen LogP contribution is -2.24. The molecule has 0 saturated carbocycles. The topological polar surface area (TPSA) is 77.0 Å². The lowest BCUT2D eigenvalue weighted by atomic mass is 10.1. The molecule has 0 spiro atoms. The van der Waals surface area contributed by atoms with Crippen LogP contribution in [-0.2, 0) is 6.54 Å². The minimum atomic E-state index is -4.42. The SMILES string of the molecule is Cc1cc(OCC(F)(F)F)ncc1CNC(=O)c1ccncn1. The van der Waals surface area contributed by atoms with Crippen molar-refractivity contribution >= 4 is 5.91 Å². The fourth-order valence-electron chi connectivity index (χ4n) is 1.67. The Hall–Kier alpha value is -2.71. The van der Waals surface area contributed by atoms with E-state index in [1.165, 1.54) is 30.9 Å². The molecule has 0 bridgehead atoms. The molecule has 9 heteroatoms. The smallest absolute Gasteiger partial charge is 0.422 e. The molecule has 2 heterocycles. The number of alkyl halides is 3. The van der Waals surface area contributed by atoms with Gasteiger partial charge in [0.25, 0.3) is 5.91 Å². The number of pyridine rings is 1. The maximum atomic E-state index is 12.1. The second-order valence-corrected chi connectivity index (χ2v) is 4.63. The predicted molar refractivity (Wildman–Crippen MR) is 73.7 cm³/mol. The van der Waals surface area contributed by atoms with Crippen LogP contribution in [0, 0.1) is 6.92 Å². The van der Waals surface area contributed by atoms with Gasteiger partial charge in [-0.05, 0) is 24.1 Å². The van der Waals surface area contributed by atoms with Gasteiger partial charge in [-0.25, -0.2) is 15.0 Å². The second-order valence-electron chi connectivity index (χ2n) is 4.63. The minimum Gasteiger partial charge on any atom is -0.468 e. The van der Waals surface area contributed by atoms with Crippen molar-refractivity contribution < 1.29 is 22.7 Å². The third kappa shape index (κ3) is 5.20. The van der Waals surface area contributed by atoms with Gasteiger partial charge in [-0.2, -0.15) is 13.2 Å². The first-order valence-electron chi connectivity index (χ1n) is 6.54. The molecule has 23 heavy (non-hydrogen) atoms. The van der Waals surface area contributed by atoms with Crippen LogP contribution in [0.1, 0.15) is 21.6 Å². The monoisotopic (exact) mass is 326 g/mol. The summed E-state index contributed by atoms with van der Waals surface area (Å²) in [6, 6.07) is 2.85. The highest BCUT2D eigenvalue weighted by Crippen LogP contribution is 2.18. The van der Waals surface area contributed by atoms with E-state index in [2.05, 4.69) is 25.0 Å². The summed E-state index contributed by atoms with van der Waals surface area (Å²) in [4.78, 5) is 23.2. The number of aromatic nitrogens is 3. The minimum absolute atomic E-state index is 0.120. The van der Waals surface area contributed by atoms with Gasteiger partial charge in [-0.1, -0.05) is 0 Å². The number of hydrogen-bond donors (Lipinski definition) is 1. The number of rotatable bonds is 5. The Kier molecular flexibility index (Phi) is 5.09. The molecule has 0 aromatic carbocycles. The molecule has 0 unspecified atom stereocenters. The van der Waals surface area contributed by atoms with Crippen LogP contribution in [0.3, 0.4) is 0 Å². The molecule has 6 nitrogen and oxygen atoms in total. The largest absolute Gasteiger partial charge is 0.468 e. The number of carbonyl (C=O) groups is 1. The summed E-state index contributed by atoms with van der Waals surface area (Å²) in [5, 5.41) is 2.64. The van der Waals surface area contributed by atoms with Gasteiger partial charge < -0.3 is 10.1 Å². The zero-order valence-electron chi connectivity index (χ0n) is 12.1. The van der Waals surface area contributed by atoms with Crippen molar-refractivity contribution in [3.63, 3.8) is 0 Å². The Morgan fingerprint density at radius 3 is 2.74 bits per heavy atom. The molecular formula is C14H13F3N4O2. The van der Waals surface area contributed by atoms with Gasteiger partial charge in [-0.15, -0.1) is 0 Å². The molecule has 2 aromatic heterocycles. The molecule has 122 valence electrons. The van der Waals surface area contributed by atoms with Crippen LogP contribution >= 0.6 is 0 Å². The van der Waals surface area contributed by atoms with Crippen LogP contribution in [-0.4, -0.2) is 33.6 Å². The normalized spacial score (nSPS) is 11.1. The lowest BCUT2D eigenvalue weighted by Gasteiger charge is -2.11. The number of halogens is 3. The average Bonchev–Trinajstić information content (AvgIpc) is 2.52. The first kappa shape index (κ1) is 16.7. The van der Waals surface area contributed by atoms with Crippen molar-refractivity contribution in [1.29, 1.82) is 0 Å². The van der Waals surface area contributed by atoms with Crippen molar-refractivity contribution in [3.8, 4) is 5.88 Å². The number of ether oxygens (including phenoxy) is 1. The molecule has 0 saturated heterocycles. The number of carbonyl (C=O) groups excluding carboxylic acids is 1. The van der Waals surface area contributed by atoms with E-state index >= 15 is 0 Å². The van der Waals surface area contributed by atoms with Crippen molar-refractivity contribution in [2.24, 2.45) is 0 Å². The van der Waals surface area contributed by atoms with E-state index < -0.39 is 12.8 Å². The van der Waals surface area contributed by atoms with E-state index in [1.54, 1.807) is 6.92 Å². The fraction of sp³-hybridized carbons (Fsp3) is 0.286. The Bertz CT molecular complexity index is 677. The first-order valence-corrected chi connectivity index (χ1v) is 6.54. The van der Waals surface area contributed by atoms with Gasteiger partial charge in [0.1, 0.15) is 12.0 Å². The first-order chi connectivity index (χ1) is 10.8. The van der Waals surface area contributed by atoms with Crippen LogP contribution in [0.4, 0.5) is 13.2 Å². The Labute approximate surface area is 129 Å². The molecule has 0 atom stereocenters. The Morgan fingerprint density at radius 2 is 2.13 bits per heavy atom. The molecule has 0 aliphatic heterocycles. The van der Waals surface area contributed by atoms with Crippen molar-refractivity contribution in [2.45, 2.75) is 19.6 Å². The van der Waals surface area contributed by atoms with E-state index in [1.807, 2.05) is 0 Å². The lowest BCUT2D eigenvalue weighted by molar-refractivity contribution is -0.154. The maximum Gasteiger partial charge on any atom is 0.422 e. The third-order valence-corrected chi connectivity index (χ3v) is 2.83. The molecule has 0 aliphatic carbocycles. The van der Waals surface area contributed by atoms with Gasteiger partial charge in [0.05, 0.1) is 0 Å². The summed E-state index contributed by atoms with van der Waals surface area (Å²) in [6.07, 6.45) is -0.350. The van der Waals surface area contributed by atoms with Crippen LogP contribution in [0.25, 0.3) is 0 Å². The Balaban J connectivity index is 1.95. The van der Waals surface area contributed by atoms with Crippen LogP contribution < -0.4 is 10.1 Å². The van der Waals surface area contributed by atoms with Gasteiger partial charge in [-0.3, -0.25) is 4.79 Å². The Morgan fingerprint density at radius 1 is 1.35 bits per heavy atom. The molecule has 1 amide bonds. The van der Waals surface area contributed by atoms with Crippen molar-refractivity contribution in [2.75, 3.05) is 6.61 Å². The summed E-state index contributed by atoms with van der Waals surface area (Å²) in [5.74, 6) is -0.505. The highest BCUT2D eigenvalue weighted by Gasteiger charge is 2.28. The zero-order valence-corrected chi connectivity index (χ0v) is 12.1. The summed E-state index contributed by atoms with van der Waals surface area (Å²) >= 11 is 0. The van der Waals surface area contributed by atoms with E-state index in [0.717, 1.165) is 0 Å². The van der Waals surface area contributed by atoms with E-state index in [-0.39, 0.29) is 24.0 Å². The summed E-state index contributed by atoms with van der Waals surface area (Å²) in [5.41, 5.74) is 1.53. The average molecular weight is 326 g/mol. The second kappa shape index (κ2) is 7.03. The predicted octanol–water partition coefficient (Wildman–Crippen LogP) is 2.05. The summed E-state index contributed by atoms with van der Waals surface area (Å²) in [7, 11) is 0. The summed E-state index contributed by atoms with van der Waals surface area (Å²) in [6.45, 7) is 0.457. The van der Waals surface area contributed by atoms with Crippen molar-refractivity contribution in [1.82, 2.24) is 20.3 Å². The van der Waals surface area contributed by atoms with Crippen LogP contribution in [0.2, 0.25) is 0 Å². The number of nitrogens with one attached hydrogen (secondary N) is 1. The van der Waals surface area contributed by atoms with E-state index in [0.29, 0.717) is 11.1 Å². The quantitative estimate of drug-likeness (QED) is 0.910. The highest BCUT2D eigenvalue weighted by molar-refractivity contribution is 5.91.